The zero-order chi connectivity index (χ0) is 26.4. The number of Topliss-reactive ketones (excluding diaryl/α,β-unsaturated/α-hetero) is 1. The summed E-state index contributed by atoms with van der Waals surface area (Å²) >= 11 is 7.30. The summed E-state index contributed by atoms with van der Waals surface area (Å²) < 4.78 is 6.44. The molecule has 5 rings (SSSR count). The summed E-state index contributed by atoms with van der Waals surface area (Å²) in [5.74, 6) is -1.85. The molecule has 0 bridgehead atoms. The van der Waals surface area contributed by atoms with Gasteiger partial charge in [-0.1, -0.05) is 35.1 Å². The fraction of sp³-hybridized carbons (Fsp3) is 0.179. The Balaban J connectivity index is 1.75. The SMILES string of the molecule is CCOc1cc(C2C(=C(O)c3ccc(Cl)cc3)C(=O)C(=O)N2c2nc3c(C)cc(C)cc3s2)ccc1O. The first-order valence-corrected chi connectivity index (χ1v) is 12.8. The smallest absolute Gasteiger partial charge is 0.301 e. The highest BCUT2D eigenvalue weighted by Crippen LogP contribution is 2.46. The molecule has 0 spiro atoms. The maximum Gasteiger partial charge on any atom is 0.301 e. The number of rotatable bonds is 5. The van der Waals surface area contributed by atoms with Crippen molar-refractivity contribution < 1.29 is 24.5 Å². The summed E-state index contributed by atoms with van der Waals surface area (Å²) in [6.45, 7) is 6.01. The fourth-order valence-corrected chi connectivity index (χ4v) is 5.84. The van der Waals surface area contributed by atoms with Crippen LogP contribution < -0.4 is 9.64 Å². The zero-order valence-electron chi connectivity index (χ0n) is 20.3. The molecule has 1 aliphatic heterocycles. The topological polar surface area (TPSA) is 100.0 Å². The van der Waals surface area contributed by atoms with Crippen LogP contribution in [0.15, 0.2) is 60.2 Å². The molecular weight excluding hydrogens is 512 g/mol. The van der Waals surface area contributed by atoms with Gasteiger partial charge in [0.25, 0.3) is 5.78 Å². The lowest BCUT2D eigenvalue weighted by atomic mass is 9.95. The Bertz CT molecular complexity index is 1590. The average Bonchev–Trinajstić information content (AvgIpc) is 3.39. The third-order valence-electron chi connectivity index (χ3n) is 6.19. The molecule has 9 heteroatoms. The van der Waals surface area contributed by atoms with Gasteiger partial charge < -0.3 is 14.9 Å². The highest BCUT2D eigenvalue weighted by molar-refractivity contribution is 7.22. The summed E-state index contributed by atoms with van der Waals surface area (Å²) in [4.78, 5) is 33.0. The number of fused-ring (bicyclic) bond motifs is 1. The predicted molar refractivity (Wildman–Crippen MR) is 145 cm³/mol. The van der Waals surface area contributed by atoms with Crippen LogP contribution in [0, 0.1) is 13.8 Å². The van der Waals surface area contributed by atoms with Crippen molar-refractivity contribution in [3.63, 3.8) is 0 Å². The number of carbonyl (C=O) groups excluding carboxylic acids is 2. The monoisotopic (exact) mass is 534 g/mol. The van der Waals surface area contributed by atoms with Crippen LogP contribution in [0.25, 0.3) is 16.0 Å². The Labute approximate surface area is 222 Å². The van der Waals surface area contributed by atoms with E-state index in [0.717, 1.165) is 21.3 Å². The Morgan fingerprint density at radius 2 is 1.84 bits per heavy atom. The van der Waals surface area contributed by atoms with Crippen LogP contribution in [-0.4, -0.2) is 33.5 Å². The van der Waals surface area contributed by atoms with E-state index in [0.29, 0.717) is 27.9 Å². The number of phenols is 1. The number of halogens is 1. The lowest BCUT2D eigenvalue weighted by Crippen LogP contribution is -2.29. The van der Waals surface area contributed by atoms with Crippen LogP contribution in [0.4, 0.5) is 5.13 Å². The number of aromatic nitrogens is 1. The number of aliphatic hydroxyl groups is 1. The molecule has 0 aliphatic carbocycles. The minimum Gasteiger partial charge on any atom is -0.507 e. The number of thiazole rings is 1. The van der Waals surface area contributed by atoms with Gasteiger partial charge in [-0.25, -0.2) is 4.98 Å². The average molecular weight is 535 g/mol. The lowest BCUT2D eigenvalue weighted by Gasteiger charge is -2.23. The molecule has 1 amide bonds. The number of hydrogen-bond acceptors (Lipinski definition) is 7. The van der Waals surface area contributed by atoms with Crippen molar-refractivity contribution >= 4 is 55.7 Å². The van der Waals surface area contributed by atoms with Gasteiger partial charge in [0.05, 0.1) is 28.4 Å². The van der Waals surface area contributed by atoms with Crippen LogP contribution in [-0.2, 0) is 9.59 Å². The van der Waals surface area contributed by atoms with E-state index < -0.39 is 17.7 Å². The highest BCUT2D eigenvalue weighted by atomic mass is 35.5. The van der Waals surface area contributed by atoms with Crippen molar-refractivity contribution in [3.8, 4) is 11.5 Å². The standard InChI is InChI=1S/C28H23ClN2O5S/c1-4-36-20-13-17(7-10-19(20)32)24-22(25(33)16-5-8-18(29)9-6-16)26(34)27(35)31(24)28-30-23-15(3)11-14(2)12-21(23)37-28/h5-13,24,32-33H,4H2,1-3H3. The van der Waals surface area contributed by atoms with Crippen molar-refractivity contribution in [1.29, 1.82) is 0 Å². The number of aromatic hydroxyl groups is 1. The fourth-order valence-electron chi connectivity index (χ4n) is 4.54. The molecule has 3 aromatic carbocycles. The number of benzene rings is 3. The molecule has 1 aliphatic rings. The molecular formula is C28H23ClN2O5S. The zero-order valence-corrected chi connectivity index (χ0v) is 21.9. The summed E-state index contributed by atoms with van der Waals surface area (Å²) in [6.07, 6.45) is 0. The van der Waals surface area contributed by atoms with Gasteiger partial charge >= 0.3 is 5.91 Å². The van der Waals surface area contributed by atoms with Crippen molar-refractivity contribution in [2.24, 2.45) is 0 Å². The molecule has 37 heavy (non-hydrogen) atoms. The van der Waals surface area contributed by atoms with Crippen LogP contribution in [0.5, 0.6) is 11.5 Å². The van der Waals surface area contributed by atoms with E-state index in [4.69, 9.17) is 21.3 Å². The lowest BCUT2D eigenvalue weighted by molar-refractivity contribution is -0.132. The molecule has 2 N–H and O–H groups in total. The number of ketones is 1. The van der Waals surface area contributed by atoms with Gasteiger partial charge in [-0.3, -0.25) is 14.5 Å². The molecule has 4 aromatic rings. The summed E-state index contributed by atoms with van der Waals surface area (Å²) in [7, 11) is 0. The van der Waals surface area contributed by atoms with Crippen molar-refractivity contribution in [2.45, 2.75) is 26.8 Å². The van der Waals surface area contributed by atoms with Crippen LogP contribution >= 0.6 is 22.9 Å². The van der Waals surface area contributed by atoms with Gasteiger partial charge in [-0.15, -0.1) is 0 Å². The van der Waals surface area contributed by atoms with E-state index in [1.54, 1.807) is 43.3 Å². The third kappa shape index (κ3) is 4.32. The summed E-state index contributed by atoms with van der Waals surface area (Å²) in [6, 6.07) is 13.9. The second-order valence-corrected chi connectivity index (χ2v) is 10.2. The highest BCUT2D eigenvalue weighted by Gasteiger charge is 2.48. The Kier molecular flexibility index (Phi) is 6.39. The van der Waals surface area contributed by atoms with Crippen LogP contribution in [0.2, 0.25) is 5.02 Å². The first kappa shape index (κ1) is 24.8. The van der Waals surface area contributed by atoms with Gasteiger partial charge in [0.15, 0.2) is 16.6 Å². The largest absolute Gasteiger partial charge is 0.507 e. The normalized spacial score (nSPS) is 17.1. The van der Waals surface area contributed by atoms with Gasteiger partial charge in [-0.05, 0) is 79.9 Å². The minimum absolute atomic E-state index is 0.0775. The molecule has 7 nitrogen and oxygen atoms in total. The molecule has 0 saturated carbocycles. The Morgan fingerprint density at radius 3 is 2.54 bits per heavy atom. The van der Waals surface area contributed by atoms with Crippen molar-refractivity contribution in [3.05, 3.63) is 87.4 Å². The molecule has 1 saturated heterocycles. The van der Waals surface area contributed by atoms with E-state index in [1.807, 2.05) is 26.0 Å². The molecule has 1 aromatic heterocycles. The molecule has 1 unspecified atom stereocenters. The van der Waals surface area contributed by atoms with E-state index >= 15 is 0 Å². The number of aliphatic hydroxyl groups excluding tert-OH is 1. The molecule has 2 heterocycles. The number of hydrogen-bond donors (Lipinski definition) is 2. The molecule has 1 fully saturated rings. The summed E-state index contributed by atoms with van der Waals surface area (Å²) in [5, 5.41) is 22.3. The number of carbonyl (C=O) groups is 2. The number of nitrogens with zero attached hydrogens (tertiary/aromatic N) is 2. The first-order valence-electron chi connectivity index (χ1n) is 11.6. The quantitative estimate of drug-likeness (QED) is 0.177. The van der Waals surface area contributed by atoms with Crippen molar-refractivity contribution in [2.75, 3.05) is 11.5 Å². The predicted octanol–water partition coefficient (Wildman–Crippen LogP) is 6.30. The number of amides is 1. The Morgan fingerprint density at radius 1 is 1.11 bits per heavy atom. The van der Waals surface area contributed by atoms with E-state index in [1.165, 1.54) is 22.3 Å². The maximum absolute atomic E-state index is 13.5. The summed E-state index contributed by atoms with van der Waals surface area (Å²) in [5.41, 5.74) is 3.48. The van der Waals surface area contributed by atoms with Crippen LogP contribution in [0.3, 0.4) is 0 Å². The number of phenolic OH excluding ortho intramolecular Hbond substituents is 1. The maximum atomic E-state index is 13.5. The van der Waals surface area contributed by atoms with Gasteiger partial charge in [0.1, 0.15) is 5.76 Å². The van der Waals surface area contributed by atoms with E-state index in [2.05, 4.69) is 0 Å². The number of anilines is 1. The Hall–Kier alpha value is -3.88. The number of ether oxygens (including phenoxy) is 1. The van der Waals surface area contributed by atoms with Gasteiger partial charge in [-0.2, -0.15) is 0 Å². The molecule has 1 atom stereocenters. The van der Waals surface area contributed by atoms with Gasteiger partial charge in [0.2, 0.25) is 0 Å². The third-order valence-corrected chi connectivity index (χ3v) is 7.44. The minimum atomic E-state index is -1.00. The first-order chi connectivity index (χ1) is 17.7. The van der Waals surface area contributed by atoms with Crippen molar-refractivity contribution in [1.82, 2.24) is 4.98 Å². The molecule has 188 valence electrons. The second-order valence-electron chi connectivity index (χ2n) is 8.76. The van der Waals surface area contributed by atoms with Crippen LogP contribution in [0.1, 0.15) is 35.2 Å². The van der Waals surface area contributed by atoms with Gasteiger partial charge in [0, 0.05) is 10.6 Å². The van der Waals surface area contributed by atoms with E-state index in [-0.39, 0.29) is 22.8 Å². The number of aryl methyl sites for hydroxylation is 2. The second kappa shape index (κ2) is 9.53. The van der Waals surface area contributed by atoms with E-state index in [9.17, 15) is 19.8 Å². The molecule has 0 radical (unpaired) electrons.